The zero-order chi connectivity index (χ0) is 18.9. The van der Waals surface area contributed by atoms with Gasteiger partial charge in [0.2, 0.25) is 12.7 Å². The second-order valence-corrected chi connectivity index (χ2v) is 7.76. The lowest BCUT2D eigenvalue weighted by atomic mass is 9.98. The molecule has 142 valence electrons. The Morgan fingerprint density at radius 3 is 2.86 bits per heavy atom. The van der Waals surface area contributed by atoms with E-state index >= 15 is 0 Å². The van der Waals surface area contributed by atoms with E-state index in [1.165, 1.54) is 5.56 Å². The minimum absolute atomic E-state index is 0.163. The van der Waals surface area contributed by atoms with Gasteiger partial charge in [0.15, 0.2) is 11.5 Å². The SMILES string of the molecule is O=C(CCc1csc(-c2ccccn2)n1)N1CCc2cc3c(cc2C1)OCO3. The summed E-state index contributed by atoms with van der Waals surface area (Å²) in [7, 11) is 0. The van der Waals surface area contributed by atoms with E-state index < -0.39 is 0 Å². The van der Waals surface area contributed by atoms with Crippen molar-refractivity contribution < 1.29 is 14.3 Å². The first-order chi connectivity index (χ1) is 13.8. The predicted molar refractivity (Wildman–Crippen MR) is 105 cm³/mol. The topological polar surface area (TPSA) is 64.6 Å². The fraction of sp³-hybridized carbons (Fsp3) is 0.286. The fourth-order valence-electron chi connectivity index (χ4n) is 3.58. The van der Waals surface area contributed by atoms with Gasteiger partial charge in [0.05, 0.1) is 11.4 Å². The summed E-state index contributed by atoms with van der Waals surface area (Å²) in [6, 6.07) is 9.85. The van der Waals surface area contributed by atoms with Crippen LogP contribution in [0, 0.1) is 0 Å². The maximum absolute atomic E-state index is 12.7. The number of hydrogen-bond acceptors (Lipinski definition) is 6. The van der Waals surface area contributed by atoms with Gasteiger partial charge in [0.1, 0.15) is 5.01 Å². The number of nitrogens with zero attached hydrogens (tertiary/aromatic N) is 3. The second kappa shape index (κ2) is 7.24. The van der Waals surface area contributed by atoms with E-state index in [1.54, 1.807) is 17.5 Å². The molecule has 0 saturated carbocycles. The van der Waals surface area contributed by atoms with Gasteiger partial charge in [-0.3, -0.25) is 9.78 Å². The molecule has 0 aliphatic carbocycles. The maximum atomic E-state index is 12.7. The number of aryl methyl sites for hydroxylation is 1. The Morgan fingerprint density at radius 1 is 1.18 bits per heavy atom. The number of thiazole rings is 1. The second-order valence-electron chi connectivity index (χ2n) is 6.90. The van der Waals surface area contributed by atoms with Crippen LogP contribution in [0.25, 0.3) is 10.7 Å². The van der Waals surface area contributed by atoms with Crippen LogP contribution in [-0.2, 0) is 24.2 Å². The Balaban J connectivity index is 1.22. The highest BCUT2D eigenvalue weighted by molar-refractivity contribution is 7.13. The summed E-state index contributed by atoms with van der Waals surface area (Å²) in [5.74, 6) is 1.75. The standard InChI is InChI=1S/C21H19N3O3S/c25-20(5-4-16-12-28-21(23-16)17-3-1-2-7-22-17)24-8-6-14-9-18-19(27-13-26-18)10-15(14)11-24/h1-3,7,9-10,12H,4-6,8,11,13H2. The first kappa shape index (κ1) is 17.2. The molecule has 0 bridgehead atoms. The van der Waals surface area contributed by atoms with Gasteiger partial charge in [-0.25, -0.2) is 4.98 Å². The van der Waals surface area contributed by atoms with Crippen LogP contribution in [0.3, 0.4) is 0 Å². The largest absolute Gasteiger partial charge is 0.454 e. The van der Waals surface area contributed by atoms with Crippen molar-refractivity contribution in [3.63, 3.8) is 0 Å². The molecule has 0 atom stereocenters. The average molecular weight is 393 g/mol. The molecule has 6 nitrogen and oxygen atoms in total. The predicted octanol–water partition coefficient (Wildman–Crippen LogP) is 3.45. The summed E-state index contributed by atoms with van der Waals surface area (Å²) < 4.78 is 10.9. The van der Waals surface area contributed by atoms with Crippen LogP contribution in [0.15, 0.2) is 41.9 Å². The highest BCUT2D eigenvalue weighted by Crippen LogP contribution is 2.36. The van der Waals surface area contributed by atoms with E-state index in [2.05, 4.69) is 9.97 Å². The van der Waals surface area contributed by atoms with E-state index in [0.717, 1.165) is 46.4 Å². The molecule has 0 fully saturated rings. The molecule has 1 aromatic carbocycles. The number of aromatic nitrogens is 2. The highest BCUT2D eigenvalue weighted by atomic mass is 32.1. The monoisotopic (exact) mass is 393 g/mol. The van der Waals surface area contributed by atoms with E-state index in [9.17, 15) is 4.79 Å². The number of ether oxygens (including phenoxy) is 2. The van der Waals surface area contributed by atoms with Gasteiger partial charge >= 0.3 is 0 Å². The fourth-order valence-corrected chi connectivity index (χ4v) is 4.41. The molecular weight excluding hydrogens is 374 g/mol. The maximum Gasteiger partial charge on any atom is 0.231 e. The summed E-state index contributed by atoms with van der Waals surface area (Å²) in [5.41, 5.74) is 4.21. The quantitative estimate of drug-likeness (QED) is 0.679. The molecule has 1 amide bonds. The van der Waals surface area contributed by atoms with Crippen LogP contribution in [0.5, 0.6) is 11.5 Å². The summed E-state index contributed by atoms with van der Waals surface area (Å²) in [6.07, 6.45) is 3.72. The van der Waals surface area contributed by atoms with Crippen LogP contribution in [0.4, 0.5) is 0 Å². The van der Waals surface area contributed by atoms with Crippen molar-refractivity contribution in [1.82, 2.24) is 14.9 Å². The van der Waals surface area contributed by atoms with Crippen molar-refractivity contribution >= 4 is 17.2 Å². The third-order valence-corrected chi connectivity index (χ3v) is 6.00. The average Bonchev–Trinajstić information content (AvgIpc) is 3.39. The molecule has 3 aromatic rings. The van der Waals surface area contributed by atoms with Crippen LogP contribution in [0.1, 0.15) is 23.2 Å². The van der Waals surface area contributed by atoms with E-state index in [0.29, 0.717) is 19.4 Å². The van der Waals surface area contributed by atoms with Crippen molar-refractivity contribution in [3.05, 3.63) is 58.7 Å². The molecule has 28 heavy (non-hydrogen) atoms. The third-order valence-electron chi connectivity index (χ3n) is 5.09. The molecule has 2 aromatic heterocycles. The number of hydrogen-bond donors (Lipinski definition) is 0. The molecule has 0 unspecified atom stereocenters. The van der Waals surface area contributed by atoms with Gasteiger partial charge in [0, 0.05) is 31.1 Å². The number of carbonyl (C=O) groups is 1. The van der Waals surface area contributed by atoms with Crippen molar-refractivity contribution in [2.45, 2.75) is 25.8 Å². The number of pyridine rings is 1. The summed E-state index contributed by atoms with van der Waals surface area (Å²) in [5, 5.41) is 2.91. The molecule has 4 heterocycles. The Labute approximate surface area is 166 Å². The van der Waals surface area contributed by atoms with Crippen molar-refractivity contribution in [1.29, 1.82) is 0 Å². The van der Waals surface area contributed by atoms with Gasteiger partial charge < -0.3 is 14.4 Å². The molecule has 0 spiro atoms. The first-order valence-corrected chi connectivity index (χ1v) is 10.2. The van der Waals surface area contributed by atoms with Gasteiger partial charge in [-0.1, -0.05) is 6.07 Å². The molecule has 0 radical (unpaired) electrons. The van der Waals surface area contributed by atoms with E-state index in [-0.39, 0.29) is 12.7 Å². The minimum Gasteiger partial charge on any atom is -0.454 e. The van der Waals surface area contributed by atoms with Crippen LogP contribution >= 0.6 is 11.3 Å². The summed E-state index contributed by atoms with van der Waals surface area (Å²) >= 11 is 1.57. The number of amides is 1. The lowest BCUT2D eigenvalue weighted by Crippen LogP contribution is -2.36. The van der Waals surface area contributed by atoms with Gasteiger partial charge in [0.25, 0.3) is 0 Å². The number of fused-ring (bicyclic) bond motifs is 2. The van der Waals surface area contributed by atoms with Gasteiger partial charge in [-0.05, 0) is 48.2 Å². The van der Waals surface area contributed by atoms with Gasteiger partial charge in [-0.15, -0.1) is 11.3 Å². The van der Waals surface area contributed by atoms with Gasteiger partial charge in [-0.2, -0.15) is 0 Å². The lowest BCUT2D eigenvalue weighted by molar-refractivity contribution is -0.132. The Kier molecular flexibility index (Phi) is 4.44. The number of carbonyl (C=O) groups excluding carboxylic acids is 1. The van der Waals surface area contributed by atoms with Crippen LogP contribution in [-0.4, -0.2) is 34.1 Å². The lowest BCUT2D eigenvalue weighted by Gasteiger charge is -2.29. The van der Waals surface area contributed by atoms with Crippen molar-refractivity contribution in [3.8, 4) is 22.2 Å². The van der Waals surface area contributed by atoms with Crippen molar-refractivity contribution in [2.75, 3.05) is 13.3 Å². The zero-order valence-electron chi connectivity index (χ0n) is 15.3. The minimum atomic E-state index is 0.163. The number of rotatable bonds is 4. The molecule has 7 heteroatoms. The molecular formula is C21H19N3O3S. The molecule has 0 N–H and O–H groups in total. The highest BCUT2D eigenvalue weighted by Gasteiger charge is 2.24. The molecule has 5 rings (SSSR count). The smallest absolute Gasteiger partial charge is 0.231 e. The normalized spacial score (nSPS) is 14.8. The van der Waals surface area contributed by atoms with E-state index in [1.807, 2.05) is 40.6 Å². The van der Waals surface area contributed by atoms with Crippen LogP contribution in [0.2, 0.25) is 0 Å². The molecule has 2 aliphatic heterocycles. The number of benzene rings is 1. The Hall–Kier alpha value is -2.93. The Morgan fingerprint density at radius 2 is 2.04 bits per heavy atom. The van der Waals surface area contributed by atoms with E-state index in [4.69, 9.17) is 9.47 Å². The Bertz CT molecular complexity index is 1020. The first-order valence-electron chi connectivity index (χ1n) is 9.31. The van der Waals surface area contributed by atoms with Crippen molar-refractivity contribution in [2.24, 2.45) is 0 Å². The van der Waals surface area contributed by atoms with Crippen LogP contribution < -0.4 is 9.47 Å². The molecule has 0 saturated heterocycles. The third kappa shape index (κ3) is 3.33. The summed E-state index contributed by atoms with van der Waals surface area (Å²) in [6.45, 7) is 1.64. The molecule has 2 aliphatic rings. The zero-order valence-corrected chi connectivity index (χ0v) is 16.1. The summed E-state index contributed by atoms with van der Waals surface area (Å²) in [4.78, 5) is 23.6.